The predicted octanol–water partition coefficient (Wildman–Crippen LogP) is 2.50. The molecule has 0 spiro atoms. The third-order valence-electron chi connectivity index (χ3n) is 1.63. The quantitative estimate of drug-likeness (QED) is 0.580. The Balaban J connectivity index is 3.06. The van der Waals surface area contributed by atoms with E-state index in [1.54, 1.807) is 6.08 Å². The van der Waals surface area contributed by atoms with Gasteiger partial charge in [-0.25, -0.2) is 0 Å². The van der Waals surface area contributed by atoms with E-state index < -0.39 is 5.24 Å². The highest BCUT2D eigenvalue weighted by Gasteiger charge is 2.06. The number of carbonyl (C=O) groups excluding carboxylic acids is 1. The third kappa shape index (κ3) is 3.12. The van der Waals surface area contributed by atoms with Crippen molar-refractivity contribution in [1.82, 2.24) is 0 Å². The standard InChI is InChI=1S/C11H8ClNO2/c1-2-3-15-10-5-8(7-13)4-9(6-10)11(12)14/h2,4-6H,1,3H2. The van der Waals surface area contributed by atoms with Crippen LogP contribution in [-0.4, -0.2) is 11.8 Å². The lowest BCUT2D eigenvalue weighted by Gasteiger charge is -2.04. The van der Waals surface area contributed by atoms with E-state index in [-0.39, 0.29) is 5.56 Å². The summed E-state index contributed by atoms with van der Waals surface area (Å²) < 4.78 is 5.21. The second-order valence-corrected chi connectivity index (χ2v) is 3.07. The van der Waals surface area contributed by atoms with E-state index in [1.165, 1.54) is 18.2 Å². The lowest BCUT2D eigenvalue weighted by molar-refractivity contribution is 0.108. The van der Waals surface area contributed by atoms with Gasteiger partial charge in [-0.15, -0.1) is 0 Å². The fourth-order valence-corrected chi connectivity index (χ4v) is 1.12. The number of ether oxygens (including phenoxy) is 1. The summed E-state index contributed by atoms with van der Waals surface area (Å²) in [6.07, 6.45) is 1.57. The lowest BCUT2D eigenvalue weighted by atomic mass is 10.1. The van der Waals surface area contributed by atoms with Gasteiger partial charge in [0.1, 0.15) is 12.4 Å². The normalized spacial score (nSPS) is 9.07. The molecule has 0 N–H and O–H groups in total. The van der Waals surface area contributed by atoms with Crippen LogP contribution in [0.5, 0.6) is 5.75 Å². The summed E-state index contributed by atoms with van der Waals surface area (Å²) in [5, 5.41) is 8.10. The van der Waals surface area contributed by atoms with Crippen molar-refractivity contribution in [2.75, 3.05) is 6.61 Å². The highest BCUT2D eigenvalue weighted by molar-refractivity contribution is 6.67. The summed E-state index contributed by atoms with van der Waals surface area (Å²) in [7, 11) is 0. The Morgan fingerprint density at radius 2 is 2.33 bits per heavy atom. The Labute approximate surface area is 92.5 Å². The molecule has 3 nitrogen and oxygen atoms in total. The molecule has 15 heavy (non-hydrogen) atoms. The van der Waals surface area contributed by atoms with Crippen molar-refractivity contribution < 1.29 is 9.53 Å². The number of carbonyl (C=O) groups is 1. The first-order valence-corrected chi connectivity index (χ1v) is 4.54. The van der Waals surface area contributed by atoms with Crippen molar-refractivity contribution in [3.8, 4) is 11.8 Å². The molecule has 76 valence electrons. The van der Waals surface area contributed by atoms with E-state index in [4.69, 9.17) is 21.6 Å². The minimum atomic E-state index is -0.615. The van der Waals surface area contributed by atoms with Gasteiger partial charge >= 0.3 is 0 Å². The average Bonchev–Trinajstić information content (AvgIpc) is 2.25. The van der Waals surface area contributed by atoms with Gasteiger partial charge in [0, 0.05) is 5.56 Å². The maximum atomic E-state index is 10.9. The maximum Gasteiger partial charge on any atom is 0.252 e. The first-order chi connectivity index (χ1) is 7.17. The van der Waals surface area contributed by atoms with Crippen molar-refractivity contribution in [2.45, 2.75) is 0 Å². The van der Waals surface area contributed by atoms with Crippen LogP contribution in [0.1, 0.15) is 15.9 Å². The highest BCUT2D eigenvalue weighted by atomic mass is 35.5. The van der Waals surface area contributed by atoms with Crippen LogP contribution in [0.2, 0.25) is 0 Å². The molecule has 0 aliphatic heterocycles. The monoisotopic (exact) mass is 221 g/mol. The lowest BCUT2D eigenvalue weighted by Crippen LogP contribution is -1.96. The van der Waals surface area contributed by atoms with Crippen LogP contribution in [-0.2, 0) is 0 Å². The predicted molar refractivity (Wildman–Crippen MR) is 57.0 cm³/mol. The van der Waals surface area contributed by atoms with Gasteiger partial charge in [-0.1, -0.05) is 12.7 Å². The van der Waals surface area contributed by atoms with Crippen LogP contribution in [0, 0.1) is 11.3 Å². The molecular formula is C11H8ClNO2. The molecule has 0 amide bonds. The van der Waals surface area contributed by atoms with Crippen LogP contribution in [0.4, 0.5) is 0 Å². The molecule has 0 saturated carbocycles. The molecule has 0 heterocycles. The summed E-state index contributed by atoms with van der Waals surface area (Å²) in [5.74, 6) is 0.429. The summed E-state index contributed by atoms with van der Waals surface area (Å²) in [6, 6.07) is 6.36. The Kier molecular flexibility index (Phi) is 3.90. The van der Waals surface area contributed by atoms with Gasteiger partial charge in [0.25, 0.3) is 5.24 Å². The van der Waals surface area contributed by atoms with Crippen molar-refractivity contribution >= 4 is 16.8 Å². The molecule has 0 aliphatic rings. The molecular weight excluding hydrogens is 214 g/mol. The van der Waals surface area contributed by atoms with Gasteiger partial charge in [0.2, 0.25) is 0 Å². The van der Waals surface area contributed by atoms with Crippen LogP contribution in [0.15, 0.2) is 30.9 Å². The summed E-state index contributed by atoms with van der Waals surface area (Å²) in [4.78, 5) is 10.9. The fraction of sp³-hybridized carbons (Fsp3) is 0.0909. The Morgan fingerprint density at radius 3 is 2.87 bits per heavy atom. The Bertz CT molecular complexity index is 435. The van der Waals surface area contributed by atoms with Crippen molar-refractivity contribution in [3.63, 3.8) is 0 Å². The zero-order valence-corrected chi connectivity index (χ0v) is 8.62. The summed E-state index contributed by atoms with van der Waals surface area (Å²) in [6.45, 7) is 3.80. The van der Waals surface area contributed by atoms with E-state index in [2.05, 4.69) is 6.58 Å². The molecule has 0 unspecified atom stereocenters. The number of nitrogens with zero attached hydrogens (tertiary/aromatic N) is 1. The first kappa shape index (κ1) is 11.3. The van der Waals surface area contributed by atoms with Gasteiger partial charge in [-0.2, -0.15) is 5.26 Å². The van der Waals surface area contributed by atoms with E-state index >= 15 is 0 Å². The van der Waals surface area contributed by atoms with Crippen LogP contribution >= 0.6 is 11.6 Å². The van der Waals surface area contributed by atoms with Crippen molar-refractivity contribution in [1.29, 1.82) is 5.26 Å². The Morgan fingerprint density at radius 1 is 1.60 bits per heavy atom. The minimum absolute atomic E-state index is 0.245. The van der Waals surface area contributed by atoms with Crippen molar-refractivity contribution in [3.05, 3.63) is 42.0 Å². The molecule has 1 rings (SSSR count). The smallest absolute Gasteiger partial charge is 0.252 e. The van der Waals surface area contributed by atoms with Crippen LogP contribution in [0.25, 0.3) is 0 Å². The highest BCUT2D eigenvalue weighted by Crippen LogP contribution is 2.18. The molecule has 0 aromatic heterocycles. The van der Waals surface area contributed by atoms with E-state index in [9.17, 15) is 4.79 Å². The number of nitriles is 1. The maximum absolute atomic E-state index is 10.9. The zero-order valence-electron chi connectivity index (χ0n) is 7.87. The second kappa shape index (κ2) is 5.18. The zero-order chi connectivity index (χ0) is 11.3. The Hall–Kier alpha value is -1.79. The summed E-state index contributed by atoms with van der Waals surface area (Å²) >= 11 is 5.31. The van der Waals surface area contributed by atoms with E-state index in [1.807, 2.05) is 6.07 Å². The molecule has 0 bridgehead atoms. The average molecular weight is 222 g/mol. The van der Waals surface area contributed by atoms with Gasteiger partial charge in [0.15, 0.2) is 0 Å². The third-order valence-corrected chi connectivity index (χ3v) is 1.85. The van der Waals surface area contributed by atoms with Crippen LogP contribution < -0.4 is 4.74 Å². The molecule has 4 heteroatoms. The number of halogens is 1. The molecule has 0 fully saturated rings. The SMILES string of the molecule is C=CCOc1cc(C#N)cc(C(=O)Cl)c1. The molecule has 0 aliphatic carbocycles. The number of rotatable bonds is 4. The molecule has 0 radical (unpaired) electrons. The summed E-state index contributed by atoms with van der Waals surface area (Å²) in [5.41, 5.74) is 0.579. The number of hydrogen-bond acceptors (Lipinski definition) is 3. The van der Waals surface area contributed by atoms with Gasteiger partial charge in [0.05, 0.1) is 11.6 Å². The van der Waals surface area contributed by atoms with Gasteiger partial charge in [-0.3, -0.25) is 4.79 Å². The largest absolute Gasteiger partial charge is 0.489 e. The molecule has 0 atom stereocenters. The fourth-order valence-electron chi connectivity index (χ4n) is 1.02. The number of hydrogen-bond donors (Lipinski definition) is 0. The van der Waals surface area contributed by atoms with Gasteiger partial charge < -0.3 is 4.74 Å². The van der Waals surface area contributed by atoms with Crippen LogP contribution in [0.3, 0.4) is 0 Å². The van der Waals surface area contributed by atoms with E-state index in [0.717, 1.165) is 0 Å². The number of benzene rings is 1. The second-order valence-electron chi connectivity index (χ2n) is 2.73. The molecule has 0 saturated heterocycles. The minimum Gasteiger partial charge on any atom is -0.489 e. The molecule has 1 aromatic rings. The molecule has 1 aromatic carbocycles. The first-order valence-electron chi connectivity index (χ1n) is 4.16. The van der Waals surface area contributed by atoms with Crippen molar-refractivity contribution in [2.24, 2.45) is 0 Å². The van der Waals surface area contributed by atoms with Gasteiger partial charge in [-0.05, 0) is 29.8 Å². The topological polar surface area (TPSA) is 50.1 Å². The van der Waals surface area contributed by atoms with E-state index in [0.29, 0.717) is 17.9 Å².